The first-order chi connectivity index (χ1) is 19.4. The quantitative estimate of drug-likeness (QED) is 0.279. The van der Waals surface area contributed by atoms with Crippen LogP contribution in [0.3, 0.4) is 0 Å². The molecule has 0 spiro atoms. The molecular formula is C26H25F5N4O5S. The summed E-state index contributed by atoms with van der Waals surface area (Å²) in [7, 11) is -2.85. The maximum Gasteiger partial charge on any atom is 0.433 e. The van der Waals surface area contributed by atoms with Gasteiger partial charge in [-0.15, -0.1) is 0 Å². The van der Waals surface area contributed by atoms with Gasteiger partial charge < -0.3 is 14.8 Å². The van der Waals surface area contributed by atoms with Crippen molar-refractivity contribution in [3.05, 3.63) is 71.9 Å². The molecule has 220 valence electrons. The molecule has 0 radical (unpaired) electrons. The molecular weight excluding hydrogens is 575 g/mol. The first kappa shape index (κ1) is 30.3. The van der Waals surface area contributed by atoms with Gasteiger partial charge in [0.2, 0.25) is 21.8 Å². The van der Waals surface area contributed by atoms with Gasteiger partial charge in [0.05, 0.1) is 23.7 Å². The molecule has 1 saturated heterocycles. The van der Waals surface area contributed by atoms with Crippen molar-refractivity contribution in [1.29, 1.82) is 0 Å². The molecule has 2 unspecified atom stereocenters. The van der Waals surface area contributed by atoms with Gasteiger partial charge >= 0.3 is 6.18 Å². The van der Waals surface area contributed by atoms with E-state index < -0.39 is 52.4 Å². The Labute approximate surface area is 232 Å². The van der Waals surface area contributed by atoms with Gasteiger partial charge in [0.15, 0.2) is 0 Å². The number of alkyl halides is 4. The van der Waals surface area contributed by atoms with Crippen molar-refractivity contribution in [2.45, 2.75) is 36.3 Å². The smallest absolute Gasteiger partial charge is 0.433 e. The van der Waals surface area contributed by atoms with E-state index in [-0.39, 0.29) is 42.6 Å². The van der Waals surface area contributed by atoms with Crippen LogP contribution in [-0.4, -0.2) is 67.7 Å². The number of pyridine rings is 2. The van der Waals surface area contributed by atoms with E-state index in [4.69, 9.17) is 9.47 Å². The Kier molecular flexibility index (Phi) is 9.19. The van der Waals surface area contributed by atoms with Crippen LogP contribution in [0.5, 0.6) is 5.88 Å². The zero-order valence-corrected chi connectivity index (χ0v) is 22.4. The molecule has 0 bridgehead atoms. The molecule has 3 heterocycles. The Morgan fingerprint density at radius 1 is 1.10 bits per heavy atom. The number of benzene rings is 1. The van der Waals surface area contributed by atoms with Gasteiger partial charge in [-0.1, -0.05) is 6.07 Å². The average Bonchev–Trinajstić information content (AvgIpc) is 3.34. The highest BCUT2D eigenvalue weighted by Gasteiger charge is 2.44. The zero-order chi connectivity index (χ0) is 29.8. The highest BCUT2D eigenvalue weighted by atomic mass is 32.2. The topological polar surface area (TPSA) is 111 Å². The highest BCUT2D eigenvalue weighted by molar-refractivity contribution is 7.89. The summed E-state index contributed by atoms with van der Waals surface area (Å²) in [5.41, 5.74) is -0.131. The van der Waals surface area contributed by atoms with Crippen LogP contribution in [0.4, 0.5) is 22.0 Å². The second-order valence-corrected chi connectivity index (χ2v) is 10.9. The Morgan fingerprint density at radius 3 is 2.46 bits per heavy atom. The molecule has 1 aromatic carbocycles. The third kappa shape index (κ3) is 7.34. The number of rotatable bonds is 10. The van der Waals surface area contributed by atoms with E-state index >= 15 is 0 Å². The first-order valence-electron chi connectivity index (χ1n) is 12.2. The molecule has 1 fully saturated rings. The molecule has 2 atom stereocenters. The van der Waals surface area contributed by atoms with Crippen LogP contribution in [0.1, 0.15) is 17.8 Å². The fraction of sp³-hybridized carbons (Fsp3) is 0.346. The van der Waals surface area contributed by atoms with Crippen LogP contribution in [0, 0.1) is 5.82 Å². The van der Waals surface area contributed by atoms with Crippen molar-refractivity contribution in [2.75, 3.05) is 26.9 Å². The Balaban J connectivity index is 1.54. The van der Waals surface area contributed by atoms with E-state index in [0.717, 1.165) is 40.8 Å². The molecule has 3 aromatic rings. The molecule has 4 rings (SSSR count). The molecule has 1 N–H and O–H groups in total. The van der Waals surface area contributed by atoms with E-state index in [1.165, 1.54) is 25.3 Å². The van der Waals surface area contributed by atoms with Crippen LogP contribution in [0.25, 0.3) is 11.1 Å². The summed E-state index contributed by atoms with van der Waals surface area (Å²) in [5, 5.41) is 2.55. The fourth-order valence-electron chi connectivity index (χ4n) is 4.15. The van der Waals surface area contributed by atoms with Crippen LogP contribution < -0.4 is 10.1 Å². The van der Waals surface area contributed by atoms with E-state index in [1.54, 1.807) is 0 Å². The summed E-state index contributed by atoms with van der Waals surface area (Å²) in [6.45, 7) is -0.451. The number of carbonyl (C=O) groups is 1. The van der Waals surface area contributed by atoms with Crippen molar-refractivity contribution in [1.82, 2.24) is 19.6 Å². The number of ether oxygens (including phenoxy) is 2. The van der Waals surface area contributed by atoms with E-state index in [0.29, 0.717) is 11.1 Å². The van der Waals surface area contributed by atoms with E-state index in [1.807, 2.05) is 0 Å². The summed E-state index contributed by atoms with van der Waals surface area (Å²) >= 11 is 0. The molecule has 2 aromatic heterocycles. The molecule has 41 heavy (non-hydrogen) atoms. The lowest BCUT2D eigenvalue weighted by Crippen LogP contribution is -2.45. The highest BCUT2D eigenvalue weighted by Crippen LogP contribution is 2.31. The lowest BCUT2D eigenvalue weighted by molar-refractivity contribution is -0.141. The first-order valence-corrected chi connectivity index (χ1v) is 13.7. The second kappa shape index (κ2) is 12.4. The van der Waals surface area contributed by atoms with E-state index in [9.17, 15) is 35.2 Å². The normalized spacial score (nSPS) is 17.9. The summed E-state index contributed by atoms with van der Waals surface area (Å²) in [5.74, 6) is -1.36. The molecule has 0 saturated carbocycles. The van der Waals surface area contributed by atoms with Crippen molar-refractivity contribution >= 4 is 15.9 Å². The molecule has 9 nitrogen and oxygen atoms in total. The molecule has 1 amide bonds. The predicted octanol–water partition coefficient (Wildman–Crippen LogP) is 3.74. The largest absolute Gasteiger partial charge is 0.475 e. The number of sulfonamides is 1. The maximum atomic E-state index is 14.3. The van der Waals surface area contributed by atoms with Crippen molar-refractivity contribution in [3.63, 3.8) is 0 Å². The average molecular weight is 601 g/mol. The lowest BCUT2D eigenvalue weighted by Gasteiger charge is -2.23. The number of amides is 1. The minimum atomic E-state index is -4.61. The van der Waals surface area contributed by atoms with Gasteiger partial charge in [0, 0.05) is 37.9 Å². The number of nitrogens with zero attached hydrogens (tertiary/aromatic N) is 3. The number of hydrogen-bond acceptors (Lipinski definition) is 7. The lowest BCUT2D eigenvalue weighted by atomic mass is 10.1. The molecule has 0 aliphatic carbocycles. The third-order valence-electron chi connectivity index (χ3n) is 6.15. The minimum Gasteiger partial charge on any atom is -0.475 e. The summed E-state index contributed by atoms with van der Waals surface area (Å²) in [4.78, 5) is 20.5. The number of hydrogen-bond donors (Lipinski definition) is 1. The monoisotopic (exact) mass is 600 g/mol. The maximum absolute atomic E-state index is 14.3. The SMILES string of the molecule is COCCOc1cc(-c2ccc(C(F)(F)F)nc2)cc(CNC(=O)C2CC(F)CN2S(=O)(=O)c2ccc(F)cc2)n1. The second-order valence-electron chi connectivity index (χ2n) is 9.05. The number of halogens is 5. The number of nitrogens with one attached hydrogen (secondary N) is 1. The van der Waals surface area contributed by atoms with Gasteiger partial charge in [-0.3, -0.25) is 9.78 Å². The Morgan fingerprint density at radius 2 is 1.83 bits per heavy atom. The number of methoxy groups -OCH3 is 1. The van der Waals surface area contributed by atoms with Gasteiger partial charge in [-0.2, -0.15) is 17.5 Å². The van der Waals surface area contributed by atoms with Crippen LogP contribution in [0.2, 0.25) is 0 Å². The van der Waals surface area contributed by atoms with Gasteiger partial charge in [-0.05, 0) is 42.0 Å². The van der Waals surface area contributed by atoms with Crippen LogP contribution in [-0.2, 0) is 32.3 Å². The molecule has 15 heteroatoms. The van der Waals surface area contributed by atoms with Gasteiger partial charge in [0.25, 0.3) is 0 Å². The summed E-state index contributed by atoms with van der Waals surface area (Å²) in [6.07, 6.45) is -5.56. The zero-order valence-electron chi connectivity index (χ0n) is 21.6. The standard InChI is InChI=1S/C26H25F5N4O5S/c1-39-8-9-40-24-11-17(16-2-7-23(32-13-16)26(29,30)31)10-20(34-24)14-33-25(36)22-12-19(28)15-35(22)41(37,38)21-5-3-18(27)4-6-21/h2-7,10-11,13,19,22H,8-9,12,14-15H2,1H3,(H,33,36). The predicted molar refractivity (Wildman–Crippen MR) is 135 cm³/mol. The fourth-order valence-corrected chi connectivity index (χ4v) is 5.78. The van der Waals surface area contributed by atoms with Gasteiger partial charge in [0.1, 0.15) is 30.3 Å². The summed E-state index contributed by atoms with van der Waals surface area (Å²) < 4.78 is 104. The number of carbonyl (C=O) groups excluding carboxylic acids is 1. The van der Waals surface area contributed by atoms with Crippen LogP contribution >= 0.6 is 0 Å². The molecule has 1 aliphatic rings. The minimum absolute atomic E-state index is 0.0916. The van der Waals surface area contributed by atoms with E-state index in [2.05, 4.69) is 15.3 Å². The van der Waals surface area contributed by atoms with Gasteiger partial charge in [-0.25, -0.2) is 22.2 Å². The molecule has 1 aliphatic heterocycles. The van der Waals surface area contributed by atoms with Crippen molar-refractivity contribution in [3.8, 4) is 17.0 Å². The van der Waals surface area contributed by atoms with Crippen LogP contribution in [0.15, 0.2) is 59.6 Å². The Bertz CT molecular complexity index is 1470. The van der Waals surface area contributed by atoms with Crippen molar-refractivity contribution in [2.24, 2.45) is 0 Å². The number of aromatic nitrogens is 2. The summed E-state index contributed by atoms with van der Waals surface area (Å²) in [6, 6.07) is 7.60. The Hall–Kier alpha value is -3.69. The van der Waals surface area contributed by atoms with Crippen molar-refractivity contribution < 1.29 is 44.6 Å². The third-order valence-corrected chi connectivity index (χ3v) is 8.04.